The van der Waals surface area contributed by atoms with Crippen molar-refractivity contribution in [3.05, 3.63) is 530 Å². The van der Waals surface area contributed by atoms with Gasteiger partial charge >= 0.3 is 0 Å². The topological polar surface area (TPSA) is 103 Å². The standard InChI is InChI=1S/C20H17FN.C20H18N.C19H15FN.C18H13FN.4C12H10N.4Ir/c1-14(2)18-12-20(16-6-4-3-5-7-16)22-13-19(18)15-8-10-17(21)11-9-15;1-15(2)18-13-20(17-11-7-4-8-12-17)21-14-19(18)16-9-5-3-6-10-16;1-2-14-12-19(16-6-4-3-5-7-16)21-13-18(14)15-8-10-17(20)11-9-15;1-13-11-18(15-5-3-2-4-6-15)20-12-17(13)14-7-9-16(19)10-8-14;4*1-10-7-8-12(13-9-10)11-5-3-2-4-6-11;;;;/h3-6,8-14H,1-2H3;3-11,13-15H,1-2H3;3-6,8-13H,2H2,1H3;2-5,7-12H,1H3;4*2-5,7-9H,1H3;;;;/q8*-1;;;;. The van der Waals surface area contributed by atoms with Gasteiger partial charge in [0, 0.05) is 152 Å². The molecule has 0 amide bonds. The van der Waals surface area contributed by atoms with Crippen LogP contribution >= 0.6 is 0 Å². The summed E-state index contributed by atoms with van der Waals surface area (Å²) < 4.78 is 39.1. The maximum atomic E-state index is 13.1. The second-order valence-corrected chi connectivity index (χ2v) is 32.6. The molecular weight excluding hydrogens is 2440 g/mol. The molecule has 0 saturated heterocycles. The van der Waals surface area contributed by atoms with Crippen LogP contribution in [0.2, 0.25) is 0 Å². The zero-order chi connectivity index (χ0) is 95.2. The molecule has 0 unspecified atom stereocenters. The van der Waals surface area contributed by atoms with Crippen LogP contribution in [0.4, 0.5) is 13.2 Å². The molecule has 0 aliphatic heterocycles. The number of hydrogen-bond donors (Lipinski definition) is 0. The molecule has 708 valence electrons. The monoisotopic (exact) mass is 2540 g/mol. The van der Waals surface area contributed by atoms with E-state index in [2.05, 4.69) is 196 Å². The van der Waals surface area contributed by atoms with Gasteiger partial charge in [-0.15, -0.1) is 287 Å². The van der Waals surface area contributed by atoms with E-state index in [0.29, 0.717) is 11.8 Å². The molecule has 20 aromatic rings. The molecule has 0 aliphatic carbocycles. The van der Waals surface area contributed by atoms with Crippen LogP contribution in [-0.2, 0) is 86.8 Å². The van der Waals surface area contributed by atoms with Crippen molar-refractivity contribution < 1.29 is 93.6 Å². The van der Waals surface area contributed by atoms with Gasteiger partial charge < -0.3 is 39.9 Å². The Balaban J connectivity index is 0.000000180. The number of pyridine rings is 8. The van der Waals surface area contributed by atoms with Crippen LogP contribution in [0.1, 0.15) is 91.0 Å². The molecule has 15 heteroatoms. The summed E-state index contributed by atoms with van der Waals surface area (Å²) >= 11 is 0. The van der Waals surface area contributed by atoms with E-state index < -0.39 is 0 Å². The molecule has 0 fully saturated rings. The molecule has 20 rings (SSSR count). The molecular formula is C125H103F3Ir4N8-8. The minimum atomic E-state index is -0.227. The number of hydrogen-bond acceptors (Lipinski definition) is 8. The predicted octanol–water partition coefficient (Wildman–Crippen LogP) is 31.8. The van der Waals surface area contributed by atoms with Crippen molar-refractivity contribution in [2.45, 2.75) is 87.5 Å². The van der Waals surface area contributed by atoms with Crippen LogP contribution < -0.4 is 0 Å². The van der Waals surface area contributed by atoms with Gasteiger partial charge in [0.2, 0.25) is 0 Å². The Morgan fingerprint density at radius 3 is 0.686 bits per heavy atom. The number of rotatable bonds is 15. The largest absolute Gasteiger partial charge is 0.304 e. The van der Waals surface area contributed by atoms with E-state index in [1.165, 1.54) is 86.5 Å². The van der Waals surface area contributed by atoms with E-state index in [9.17, 15) is 13.2 Å². The molecule has 0 spiro atoms. The summed E-state index contributed by atoms with van der Waals surface area (Å²) in [6.07, 6.45) is 15.9. The Hall–Kier alpha value is -13.8. The maximum Gasteiger partial charge on any atom is 0.123 e. The van der Waals surface area contributed by atoms with Crippen LogP contribution in [0.5, 0.6) is 0 Å². The maximum absolute atomic E-state index is 13.1. The molecule has 8 nitrogen and oxygen atoms in total. The van der Waals surface area contributed by atoms with Gasteiger partial charge in [0.1, 0.15) is 17.5 Å². The molecule has 12 aromatic carbocycles. The summed E-state index contributed by atoms with van der Waals surface area (Å²) in [4.78, 5) is 35.5. The summed E-state index contributed by atoms with van der Waals surface area (Å²) in [5.74, 6) is 0.129. The first-order valence-corrected chi connectivity index (χ1v) is 45.1. The van der Waals surface area contributed by atoms with E-state index in [1.54, 1.807) is 36.4 Å². The van der Waals surface area contributed by atoms with Gasteiger partial charge in [0.05, 0.1) is 0 Å². The first-order valence-electron chi connectivity index (χ1n) is 45.1. The molecule has 140 heavy (non-hydrogen) atoms. The third-order valence-electron chi connectivity index (χ3n) is 21.7. The van der Waals surface area contributed by atoms with Crippen molar-refractivity contribution in [2.24, 2.45) is 0 Å². The number of nitrogens with zero attached hydrogens (tertiary/aromatic N) is 8. The van der Waals surface area contributed by atoms with Crippen molar-refractivity contribution in [1.29, 1.82) is 0 Å². The van der Waals surface area contributed by atoms with E-state index in [0.717, 1.165) is 135 Å². The minimum absolute atomic E-state index is 0. The zero-order valence-corrected chi connectivity index (χ0v) is 88.8. The van der Waals surface area contributed by atoms with Crippen molar-refractivity contribution in [2.75, 3.05) is 0 Å². The molecule has 0 bridgehead atoms. The van der Waals surface area contributed by atoms with Crippen LogP contribution in [-0.4, -0.2) is 39.9 Å². The fourth-order valence-corrected chi connectivity index (χ4v) is 14.3. The van der Waals surface area contributed by atoms with Crippen molar-refractivity contribution in [1.82, 2.24) is 39.9 Å². The van der Waals surface area contributed by atoms with Crippen molar-refractivity contribution >= 4 is 0 Å². The fraction of sp³-hybridized carbons (Fsp3) is 0.104. The van der Waals surface area contributed by atoms with Gasteiger partial charge in [-0.05, 0) is 202 Å². The Morgan fingerprint density at radius 1 is 0.221 bits per heavy atom. The third kappa shape index (κ3) is 33.2. The second kappa shape index (κ2) is 57.6. The SMILES string of the molecule is CC(C)c1cc(-c2[c-]cccc2)ncc1-c1ccc(F)cc1.CC(C)c1cc(-c2[c-]cccc2)ncc1-c1ccccc1.CCc1cc(-c2[c-]cccc2)ncc1-c1ccc(F)cc1.Cc1cc(-c2[c-]cccc2)ncc1-c1ccc(F)cc1.Cc1ccc(-c2[c-]cccc2)nc1.Cc1ccc(-c2[c-]cccc2)nc1.Cc1ccc(-c2[c-]cccc2)nc1.Cc1ccc(-c2[c-]cccc2)nc1.[Ir].[Ir].[Ir].[Ir]. The average Bonchev–Trinajstić information content (AvgIpc) is 0.783. The van der Waals surface area contributed by atoms with Gasteiger partial charge in [0.25, 0.3) is 0 Å². The Morgan fingerprint density at radius 2 is 0.443 bits per heavy atom. The van der Waals surface area contributed by atoms with Gasteiger partial charge in [-0.3, -0.25) is 0 Å². The van der Waals surface area contributed by atoms with E-state index in [-0.39, 0.29) is 97.9 Å². The molecule has 0 aliphatic rings. The summed E-state index contributed by atoms with van der Waals surface area (Å²) in [5.41, 5.74) is 33.8. The Bertz CT molecular complexity index is 6660. The van der Waals surface area contributed by atoms with Gasteiger partial charge in [-0.2, -0.15) is 0 Å². The first-order chi connectivity index (χ1) is 66.4. The normalized spacial score (nSPS) is 10.1. The van der Waals surface area contributed by atoms with Crippen LogP contribution in [0.25, 0.3) is 135 Å². The number of aryl methyl sites for hydroxylation is 6. The summed E-state index contributed by atoms with van der Waals surface area (Å²) in [6, 6.07) is 143. The van der Waals surface area contributed by atoms with Crippen LogP contribution in [0, 0.1) is 101 Å². The smallest absolute Gasteiger partial charge is 0.123 e. The number of aromatic nitrogens is 8. The Labute approximate surface area is 877 Å². The summed E-state index contributed by atoms with van der Waals surface area (Å²) in [6.45, 7) is 21.0. The summed E-state index contributed by atoms with van der Waals surface area (Å²) in [7, 11) is 0. The molecule has 4 radical (unpaired) electrons. The summed E-state index contributed by atoms with van der Waals surface area (Å²) in [5, 5.41) is 0. The molecule has 8 heterocycles. The molecule has 0 saturated carbocycles. The van der Waals surface area contributed by atoms with Gasteiger partial charge in [-0.1, -0.05) is 174 Å². The average molecular weight is 2540 g/mol. The van der Waals surface area contributed by atoms with E-state index >= 15 is 0 Å². The number of halogens is 3. The second-order valence-electron chi connectivity index (χ2n) is 32.6. The van der Waals surface area contributed by atoms with Crippen molar-refractivity contribution in [3.63, 3.8) is 0 Å². The quantitative estimate of drug-likeness (QED) is 0.0935. The zero-order valence-electron chi connectivity index (χ0n) is 79.2. The predicted molar refractivity (Wildman–Crippen MR) is 551 cm³/mol. The third-order valence-corrected chi connectivity index (χ3v) is 21.7. The van der Waals surface area contributed by atoms with Crippen LogP contribution in [0.3, 0.4) is 0 Å². The van der Waals surface area contributed by atoms with Gasteiger partial charge in [0.15, 0.2) is 0 Å². The van der Waals surface area contributed by atoms with Crippen molar-refractivity contribution in [3.8, 4) is 135 Å². The first kappa shape index (κ1) is 110. The Kier molecular flexibility index (Phi) is 45.2. The molecule has 0 atom stereocenters. The van der Waals surface area contributed by atoms with Gasteiger partial charge in [-0.25, -0.2) is 13.2 Å². The molecule has 8 aromatic heterocycles. The van der Waals surface area contributed by atoms with E-state index in [1.807, 2.05) is 309 Å². The molecule has 0 N–H and O–H groups in total. The minimum Gasteiger partial charge on any atom is -0.304 e. The van der Waals surface area contributed by atoms with Crippen LogP contribution in [0.15, 0.2) is 420 Å². The fourth-order valence-electron chi connectivity index (χ4n) is 14.3. The number of benzene rings is 12. The van der Waals surface area contributed by atoms with E-state index in [4.69, 9.17) is 0 Å².